The third-order valence-electron chi connectivity index (χ3n) is 5.43. The second-order valence-electron chi connectivity index (χ2n) is 9.64. The molecule has 0 aromatic heterocycles. The Morgan fingerprint density at radius 3 is 1.86 bits per heavy atom. The molecule has 0 N–H and O–H groups in total. The molecule has 0 bridgehead atoms. The molecule has 1 atom stereocenters. The quantitative estimate of drug-likeness (QED) is 0.415. The van der Waals surface area contributed by atoms with Crippen LogP contribution in [0.5, 0.6) is 0 Å². The lowest BCUT2D eigenvalue weighted by Crippen LogP contribution is -2.35. The summed E-state index contributed by atoms with van der Waals surface area (Å²) in [6, 6.07) is 20.7. The fourth-order valence-electron chi connectivity index (χ4n) is 3.74. The molecule has 0 radical (unpaired) electrons. The molecule has 0 saturated heterocycles. The monoisotopic (exact) mass is 446 g/mol. The van der Waals surface area contributed by atoms with Gasteiger partial charge in [-0.3, -0.25) is 0 Å². The van der Waals surface area contributed by atoms with Gasteiger partial charge in [-0.05, 0) is 34.2 Å². The van der Waals surface area contributed by atoms with Crippen LogP contribution in [0.1, 0.15) is 51.3 Å². The van der Waals surface area contributed by atoms with E-state index in [1.165, 1.54) is 16.7 Å². The van der Waals surface area contributed by atoms with Crippen LogP contribution >= 0.6 is 0 Å². The fraction of sp³-hybridized carbons (Fsp3) is 0.478. The predicted molar refractivity (Wildman–Crippen MR) is 132 cm³/mol. The van der Waals surface area contributed by atoms with Crippen LogP contribution in [0.25, 0.3) is 0 Å². The largest absolute Gasteiger partial charge is 0.415 e. The first-order valence-corrected chi connectivity index (χ1v) is 13.9. The molecule has 0 aliphatic rings. The van der Waals surface area contributed by atoms with Crippen LogP contribution in [0.15, 0.2) is 54.6 Å². The first-order valence-electron chi connectivity index (χ1n) is 10.4. The van der Waals surface area contributed by atoms with E-state index in [-0.39, 0.29) is 16.7 Å². The van der Waals surface area contributed by atoms with E-state index in [4.69, 9.17) is 13.3 Å². The van der Waals surface area contributed by atoms with E-state index in [0.29, 0.717) is 27.6 Å². The maximum absolute atomic E-state index is 6.52. The topological polar surface area (TPSA) is 27.7 Å². The summed E-state index contributed by atoms with van der Waals surface area (Å²) >= 11 is 0. The van der Waals surface area contributed by atoms with Gasteiger partial charge in [0.1, 0.15) is 27.3 Å². The first-order chi connectivity index (χ1) is 13.7. The average molecular weight is 447 g/mol. The van der Waals surface area contributed by atoms with Crippen LogP contribution in [0.4, 0.5) is 0 Å². The maximum atomic E-state index is 6.52. The molecule has 1 unspecified atom stereocenters. The van der Waals surface area contributed by atoms with Crippen molar-refractivity contribution in [3.63, 3.8) is 0 Å². The lowest BCUT2D eigenvalue weighted by Gasteiger charge is -2.33. The van der Waals surface area contributed by atoms with E-state index in [2.05, 4.69) is 89.2 Å². The van der Waals surface area contributed by atoms with Gasteiger partial charge < -0.3 is 13.3 Å². The Hall–Kier alpha value is -1.03. The van der Waals surface area contributed by atoms with Gasteiger partial charge in [0.25, 0.3) is 0 Å². The number of hydrogen-bond acceptors (Lipinski definition) is 3. The van der Waals surface area contributed by atoms with E-state index in [1.807, 2.05) is 0 Å². The van der Waals surface area contributed by atoms with E-state index in [0.717, 1.165) is 12.5 Å². The fourth-order valence-corrected chi connectivity index (χ4v) is 8.11. The van der Waals surface area contributed by atoms with Crippen molar-refractivity contribution in [3.05, 3.63) is 71.3 Å². The summed E-state index contributed by atoms with van der Waals surface area (Å²) in [6.07, 6.45) is 0.844. The van der Waals surface area contributed by atoms with Gasteiger partial charge in [0.05, 0.1) is 6.61 Å². The molecule has 2 rings (SSSR count). The summed E-state index contributed by atoms with van der Waals surface area (Å²) in [6.45, 7) is 12.1. The van der Waals surface area contributed by atoms with Crippen molar-refractivity contribution in [1.82, 2.24) is 0 Å². The normalized spacial score (nSPS) is 14.8. The van der Waals surface area contributed by atoms with Gasteiger partial charge in [0.15, 0.2) is 9.04 Å². The van der Waals surface area contributed by atoms with Gasteiger partial charge in [0.2, 0.25) is 0 Å². The molecule has 0 spiro atoms. The molecule has 2 aromatic rings. The molecular formula is C23H38O3Si3. The molecule has 0 fully saturated rings. The Bertz CT molecular complexity index is 723. The van der Waals surface area contributed by atoms with Crippen molar-refractivity contribution in [3.8, 4) is 0 Å². The summed E-state index contributed by atoms with van der Waals surface area (Å²) in [7, 11) is -0.0170. The van der Waals surface area contributed by atoms with Gasteiger partial charge in [-0.2, -0.15) is 0 Å². The second-order valence-corrected chi connectivity index (χ2v) is 14.0. The maximum Gasteiger partial charge on any atom is 0.187 e. The van der Waals surface area contributed by atoms with Crippen molar-refractivity contribution in [1.29, 1.82) is 0 Å². The lowest BCUT2D eigenvalue weighted by atomic mass is 9.85. The molecule has 29 heavy (non-hydrogen) atoms. The zero-order valence-electron chi connectivity index (χ0n) is 19.2. The summed E-state index contributed by atoms with van der Waals surface area (Å²) in [5, 5.41) is 0.224. The smallest absolute Gasteiger partial charge is 0.187 e. The first kappa shape index (κ1) is 24.2. The third-order valence-corrected chi connectivity index (χ3v) is 9.63. The summed E-state index contributed by atoms with van der Waals surface area (Å²) in [5.41, 5.74) is 3.92. The van der Waals surface area contributed by atoms with Crippen LogP contribution in [0.3, 0.4) is 0 Å². The van der Waals surface area contributed by atoms with Gasteiger partial charge >= 0.3 is 0 Å². The molecule has 0 saturated carbocycles. The number of rotatable bonds is 10. The highest BCUT2D eigenvalue weighted by molar-refractivity contribution is 6.54. The van der Waals surface area contributed by atoms with Crippen molar-refractivity contribution in [2.24, 2.45) is 5.41 Å². The highest BCUT2D eigenvalue weighted by Crippen LogP contribution is 2.31. The molecule has 0 amide bonds. The minimum atomic E-state index is -1.41. The van der Waals surface area contributed by atoms with Crippen molar-refractivity contribution in [2.75, 3.05) is 0 Å². The average Bonchev–Trinajstić information content (AvgIpc) is 2.66. The number of benzene rings is 2. The molecule has 6 heteroatoms. The Balaban J connectivity index is 1.99. The number of hydrogen-bond donors (Lipinski definition) is 0. The highest BCUT2D eigenvalue weighted by Gasteiger charge is 2.30. The van der Waals surface area contributed by atoms with Crippen molar-refractivity contribution >= 4 is 30.0 Å². The van der Waals surface area contributed by atoms with Gasteiger partial charge in [0, 0.05) is 5.41 Å². The van der Waals surface area contributed by atoms with Crippen LogP contribution in [0.2, 0.25) is 5.04 Å². The minimum absolute atomic E-state index is 0.0263. The van der Waals surface area contributed by atoms with E-state index < -0.39 is 9.04 Å². The van der Waals surface area contributed by atoms with E-state index in [1.54, 1.807) is 0 Å². The lowest BCUT2D eigenvalue weighted by molar-refractivity contribution is -0.0725. The Morgan fingerprint density at radius 1 is 0.793 bits per heavy atom. The van der Waals surface area contributed by atoms with Gasteiger partial charge in [-0.15, -0.1) is 0 Å². The zero-order chi connectivity index (χ0) is 21.5. The van der Waals surface area contributed by atoms with Crippen LogP contribution in [0, 0.1) is 5.41 Å². The standard InChI is InChI=1S/C23H38O3Si3/c1-22(2,3)29(17-20-9-7-6-8-10-20)24-16-19-13-11-18(12-14-19)15-23(4,5)21(25-27)26-28/h6-14,21,29H,15-17H2,1-5,27-28H3. The molecule has 2 aromatic carbocycles. The van der Waals surface area contributed by atoms with Crippen LogP contribution < -0.4 is 0 Å². The molecule has 0 aliphatic carbocycles. The highest BCUT2D eigenvalue weighted by atomic mass is 28.3. The Kier molecular flexibility index (Phi) is 9.06. The zero-order valence-corrected chi connectivity index (χ0v) is 24.4. The molecule has 3 nitrogen and oxygen atoms in total. The third kappa shape index (κ3) is 7.62. The summed E-state index contributed by atoms with van der Waals surface area (Å²) < 4.78 is 17.8. The van der Waals surface area contributed by atoms with Crippen molar-refractivity contribution in [2.45, 2.75) is 65.0 Å². The van der Waals surface area contributed by atoms with Gasteiger partial charge in [-0.25, -0.2) is 0 Å². The van der Waals surface area contributed by atoms with Gasteiger partial charge in [-0.1, -0.05) is 89.2 Å². The molecule has 160 valence electrons. The Labute approximate surface area is 185 Å². The van der Waals surface area contributed by atoms with Crippen molar-refractivity contribution < 1.29 is 13.3 Å². The SMILES string of the molecule is CC(C)(Cc1ccc(CO[SiH](Cc2ccccc2)C(C)(C)C)cc1)C(O[SiH3])O[SiH3]. The summed E-state index contributed by atoms with van der Waals surface area (Å²) in [5.74, 6) is 0. The molecule has 0 heterocycles. The summed E-state index contributed by atoms with van der Waals surface area (Å²) in [4.78, 5) is 0. The second kappa shape index (κ2) is 10.8. The Morgan fingerprint density at radius 2 is 1.34 bits per heavy atom. The van der Waals surface area contributed by atoms with E-state index >= 15 is 0 Å². The predicted octanol–water partition coefficient (Wildman–Crippen LogP) is 3.00. The van der Waals surface area contributed by atoms with Crippen LogP contribution in [-0.4, -0.2) is 36.3 Å². The molecular weight excluding hydrogens is 409 g/mol. The molecule has 0 aliphatic heterocycles. The van der Waals surface area contributed by atoms with E-state index in [9.17, 15) is 0 Å². The minimum Gasteiger partial charge on any atom is -0.415 e. The van der Waals surface area contributed by atoms with Crippen LogP contribution in [-0.2, 0) is 32.3 Å².